The van der Waals surface area contributed by atoms with Crippen LogP contribution in [0.2, 0.25) is 0 Å². The van der Waals surface area contributed by atoms with Crippen molar-refractivity contribution in [3.8, 4) is 0 Å². The number of carbonyl (C=O) groups is 1. The molecule has 0 aliphatic carbocycles. The van der Waals surface area contributed by atoms with Crippen LogP contribution in [-0.2, 0) is 4.79 Å². The van der Waals surface area contributed by atoms with Crippen LogP contribution in [0.25, 0.3) is 15.9 Å². The summed E-state index contributed by atoms with van der Waals surface area (Å²) in [6, 6.07) is 5.13. The van der Waals surface area contributed by atoms with Gasteiger partial charge in [0.05, 0.1) is 12.1 Å². The predicted molar refractivity (Wildman–Crippen MR) is 105 cm³/mol. The van der Waals surface area contributed by atoms with Gasteiger partial charge in [0.25, 0.3) is 6.04 Å². The highest BCUT2D eigenvalue weighted by Gasteiger charge is 2.43. The molecule has 0 saturated carbocycles. The third kappa shape index (κ3) is 2.72. The normalized spacial score (nSPS) is 21.3. The Balaban J connectivity index is 1.63. The zero-order valence-corrected chi connectivity index (χ0v) is 15.7. The topological polar surface area (TPSA) is 105 Å². The quantitative estimate of drug-likeness (QED) is 0.681. The summed E-state index contributed by atoms with van der Waals surface area (Å²) < 4.78 is 4.93. The van der Waals surface area contributed by atoms with Crippen molar-refractivity contribution in [1.82, 2.24) is 25.4 Å². The Morgan fingerprint density at radius 2 is 2.24 bits per heavy atom. The molecule has 2 atom stereocenters. The molecule has 0 spiro atoms. The zero-order valence-electron chi connectivity index (χ0n) is 15.7. The molecule has 1 aromatic carbocycles. The van der Waals surface area contributed by atoms with E-state index in [0.717, 1.165) is 22.4 Å². The summed E-state index contributed by atoms with van der Waals surface area (Å²) in [5, 5.41) is 15.1. The van der Waals surface area contributed by atoms with Gasteiger partial charge in [-0.1, -0.05) is 18.2 Å². The lowest BCUT2D eigenvalue weighted by Crippen LogP contribution is -2.37. The van der Waals surface area contributed by atoms with Crippen LogP contribution >= 0.6 is 0 Å². The highest BCUT2D eigenvalue weighted by Crippen LogP contribution is 2.42. The van der Waals surface area contributed by atoms with E-state index in [9.17, 15) is 4.79 Å². The summed E-state index contributed by atoms with van der Waals surface area (Å²) in [6.07, 6.45) is 4.38. The Bertz CT molecular complexity index is 1210. The third-order valence-corrected chi connectivity index (χ3v) is 5.59. The number of benzene rings is 1. The molecule has 144 valence electrons. The summed E-state index contributed by atoms with van der Waals surface area (Å²) >= 11 is 0. The SMILES string of the molecule is [C-]#[N+]C1C(C2=CCN(C(C)=O)CC2)=Nc2[nH]ncc2C1c1cccc2nonc12. The van der Waals surface area contributed by atoms with Gasteiger partial charge in [0.1, 0.15) is 16.7 Å². The number of amides is 1. The van der Waals surface area contributed by atoms with Gasteiger partial charge in [0.15, 0.2) is 5.82 Å². The Kier molecular flexibility index (Phi) is 3.98. The van der Waals surface area contributed by atoms with E-state index in [0.29, 0.717) is 36.4 Å². The van der Waals surface area contributed by atoms with Gasteiger partial charge in [0.2, 0.25) is 5.91 Å². The van der Waals surface area contributed by atoms with Crippen LogP contribution in [-0.4, -0.2) is 56.2 Å². The minimum Gasteiger partial charge on any atom is -0.339 e. The van der Waals surface area contributed by atoms with Crippen LogP contribution in [0.5, 0.6) is 0 Å². The standard InChI is InChI=1S/C20H17N7O2/c1-11(28)27-8-6-12(7-9-27)17-19(21-2)16(14-10-22-24-20(14)23-17)13-4-3-5-15-18(13)26-29-25-15/h3-6,10,16,19H,7-9H2,1H3,(H,22,24). The summed E-state index contributed by atoms with van der Waals surface area (Å²) in [7, 11) is 0. The van der Waals surface area contributed by atoms with Crippen LogP contribution < -0.4 is 0 Å². The summed E-state index contributed by atoms with van der Waals surface area (Å²) in [6.45, 7) is 10.7. The van der Waals surface area contributed by atoms with E-state index in [-0.39, 0.29) is 11.8 Å². The van der Waals surface area contributed by atoms with Gasteiger partial charge in [-0.2, -0.15) is 5.10 Å². The minimum atomic E-state index is -0.530. The Morgan fingerprint density at radius 3 is 3.00 bits per heavy atom. The van der Waals surface area contributed by atoms with E-state index in [4.69, 9.17) is 16.2 Å². The van der Waals surface area contributed by atoms with Crippen molar-refractivity contribution >= 4 is 28.5 Å². The Morgan fingerprint density at radius 1 is 1.34 bits per heavy atom. The van der Waals surface area contributed by atoms with Crippen molar-refractivity contribution in [1.29, 1.82) is 0 Å². The molecule has 0 fully saturated rings. The molecule has 1 N–H and O–H groups in total. The number of aromatic nitrogens is 4. The molecule has 2 aromatic heterocycles. The number of H-pyrrole nitrogens is 1. The maximum Gasteiger partial charge on any atom is 0.276 e. The molecular formula is C20H17N7O2. The molecule has 0 bridgehead atoms. The van der Waals surface area contributed by atoms with Gasteiger partial charge in [-0.15, -0.1) is 0 Å². The molecule has 5 rings (SSSR count). The average molecular weight is 387 g/mol. The van der Waals surface area contributed by atoms with Crippen LogP contribution in [0.4, 0.5) is 5.82 Å². The van der Waals surface area contributed by atoms with Gasteiger partial charge in [-0.05, 0) is 33.9 Å². The van der Waals surface area contributed by atoms with Crippen LogP contribution in [0, 0.1) is 6.57 Å². The van der Waals surface area contributed by atoms with Gasteiger partial charge in [-0.3, -0.25) is 9.89 Å². The fraction of sp³-hybridized carbons (Fsp3) is 0.300. The van der Waals surface area contributed by atoms with E-state index in [1.54, 1.807) is 18.0 Å². The fourth-order valence-corrected chi connectivity index (χ4v) is 4.12. The van der Waals surface area contributed by atoms with Gasteiger partial charge < -0.3 is 9.74 Å². The first kappa shape index (κ1) is 17.3. The zero-order chi connectivity index (χ0) is 20.0. The average Bonchev–Trinajstić information content (AvgIpc) is 3.41. The number of aromatic amines is 1. The van der Waals surface area contributed by atoms with Crippen LogP contribution in [0.1, 0.15) is 30.4 Å². The number of nitrogens with zero attached hydrogens (tertiary/aromatic N) is 6. The highest BCUT2D eigenvalue weighted by atomic mass is 16.6. The minimum absolute atomic E-state index is 0.0477. The van der Waals surface area contributed by atoms with Crippen LogP contribution in [0.3, 0.4) is 0 Å². The maximum absolute atomic E-state index is 11.7. The van der Waals surface area contributed by atoms with Crippen molar-refractivity contribution < 1.29 is 9.42 Å². The van der Waals surface area contributed by atoms with Crippen molar-refractivity contribution in [2.75, 3.05) is 13.1 Å². The highest BCUT2D eigenvalue weighted by molar-refractivity contribution is 6.09. The predicted octanol–water partition coefficient (Wildman–Crippen LogP) is 2.63. The first-order chi connectivity index (χ1) is 14.2. The summed E-state index contributed by atoms with van der Waals surface area (Å²) in [5.74, 6) is 0.399. The number of rotatable bonds is 2. The van der Waals surface area contributed by atoms with Gasteiger partial charge >= 0.3 is 0 Å². The number of hydrogen-bond donors (Lipinski definition) is 1. The summed E-state index contributed by atoms with van der Waals surface area (Å²) in [4.78, 5) is 22.1. The van der Waals surface area contributed by atoms with E-state index < -0.39 is 6.04 Å². The molecular weight excluding hydrogens is 370 g/mol. The van der Waals surface area contributed by atoms with E-state index in [1.165, 1.54) is 0 Å². The first-order valence-electron chi connectivity index (χ1n) is 9.32. The van der Waals surface area contributed by atoms with Crippen molar-refractivity contribution in [2.45, 2.75) is 25.3 Å². The molecule has 9 nitrogen and oxygen atoms in total. The van der Waals surface area contributed by atoms with Crippen LogP contribution in [0.15, 0.2) is 45.7 Å². The second kappa shape index (κ2) is 6.67. The summed E-state index contributed by atoms with van der Waals surface area (Å²) in [5.41, 5.74) is 4.72. The molecule has 3 aromatic rings. The molecule has 1 amide bonds. The molecule has 0 radical (unpaired) electrons. The lowest BCUT2D eigenvalue weighted by atomic mass is 9.79. The first-order valence-corrected chi connectivity index (χ1v) is 9.32. The largest absolute Gasteiger partial charge is 0.339 e. The van der Waals surface area contributed by atoms with Crippen molar-refractivity contribution in [3.05, 3.63) is 58.6 Å². The third-order valence-electron chi connectivity index (χ3n) is 5.59. The molecule has 0 saturated heterocycles. The molecule has 2 aliphatic heterocycles. The molecule has 2 unspecified atom stereocenters. The fourth-order valence-electron chi connectivity index (χ4n) is 4.12. The Labute approximate surface area is 165 Å². The second-order valence-electron chi connectivity index (χ2n) is 7.15. The number of nitrogens with one attached hydrogen (secondary N) is 1. The number of hydrogen-bond acceptors (Lipinski definition) is 6. The number of fused-ring (bicyclic) bond motifs is 2. The number of carbonyl (C=O) groups excluding carboxylic acids is 1. The lowest BCUT2D eigenvalue weighted by molar-refractivity contribution is -0.128. The second-order valence-corrected chi connectivity index (χ2v) is 7.15. The van der Waals surface area contributed by atoms with Gasteiger partial charge in [-0.25, -0.2) is 16.2 Å². The number of aliphatic imine (C=N–C) groups is 1. The van der Waals surface area contributed by atoms with Gasteiger partial charge in [0, 0.05) is 25.6 Å². The molecule has 29 heavy (non-hydrogen) atoms. The van der Waals surface area contributed by atoms with E-state index in [2.05, 4.69) is 25.4 Å². The van der Waals surface area contributed by atoms with E-state index in [1.807, 2.05) is 24.3 Å². The smallest absolute Gasteiger partial charge is 0.276 e. The van der Waals surface area contributed by atoms with Crippen molar-refractivity contribution in [2.24, 2.45) is 4.99 Å². The van der Waals surface area contributed by atoms with E-state index >= 15 is 0 Å². The van der Waals surface area contributed by atoms with Crippen molar-refractivity contribution in [3.63, 3.8) is 0 Å². The molecule has 2 aliphatic rings. The monoisotopic (exact) mass is 387 g/mol. The maximum atomic E-state index is 11.7. The lowest BCUT2D eigenvalue weighted by Gasteiger charge is -2.29. The Hall–Kier alpha value is -3.80. The molecule has 4 heterocycles. The molecule has 9 heteroatoms.